The molecule has 0 aliphatic heterocycles. The van der Waals surface area contributed by atoms with Gasteiger partial charge in [-0.25, -0.2) is 0 Å². The summed E-state index contributed by atoms with van der Waals surface area (Å²) in [6.45, 7) is 4.52. The van der Waals surface area contributed by atoms with Crippen molar-refractivity contribution >= 4 is 11.6 Å². The third-order valence-corrected chi connectivity index (χ3v) is 3.96. The van der Waals surface area contributed by atoms with Crippen LogP contribution in [0, 0.1) is 0 Å². The summed E-state index contributed by atoms with van der Waals surface area (Å²) in [5.74, 6) is 0. The van der Waals surface area contributed by atoms with Crippen molar-refractivity contribution in [1.82, 2.24) is 10.2 Å². The van der Waals surface area contributed by atoms with Crippen LogP contribution in [0.1, 0.15) is 37.8 Å². The summed E-state index contributed by atoms with van der Waals surface area (Å²) in [5.41, 5.74) is 1.33. The monoisotopic (exact) mass is 266 g/mol. The van der Waals surface area contributed by atoms with Crippen molar-refractivity contribution in [1.29, 1.82) is 0 Å². The van der Waals surface area contributed by atoms with Gasteiger partial charge in [0.25, 0.3) is 0 Å². The summed E-state index contributed by atoms with van der Waals surface area (Å²) < 4.78 is 0. The van der Waals surface area contributed by atoms with Gasteiger partial charge in [-0.1, -0.05) is 23.7 Å². The van der Waals surface area contributed by atoms with Gasteiger partial charge in [-0.3, -0.25) is 4.90 Å². The van der Waals surface area contributed by atoms with Crippen LogP contribution < -0.4 is 5.32 Å². The lowest BCUT2D eigenvalue weighted by Gasteiger charge is -2.25. The third kappa shape index (κ3) is 4.27. The predicted molar refractivity (Wildman–Crippen MR) is 78.1 cm³/mol. The van der Waals surface area contributed by atoms with Gasteiger partial charge >= 0.3 is 0 Å². The molecule has 1 unspecified atom stereocenters. The number of rotatable bonds is 7. The van der Waals surface area contributed by atoms with Crippen LogP contribution in [0.25, 0.3) is 0 Å². The van der Waals surface area contributed by atoms with E-state index in [0.717, 1.165) is 24.2 Å². The Morgan fingerprint density at radius 3 is 2.61 bits per heavy atom. The van der Waals surface area contributed by atoms with Gasteiger partial charge in [0, 0.05) is 17.1 Å². The van der Waals surface area contributed by atoms with Crippen molar-refractivity contribution in [3.05, 3.63) is 34.9 Å². The van der Waals surface area contributed by atoms with Crippen molar-refractivity contribution in [2.45, 2.75) is 38.3 Å². The third-order valence-electron chi connectivity index (χ3n) is 3.71. The number of benzene rings is 1. The first-order valence-corrected chi connectivity index (χ1v) is 7.23. The lowest BCUT2D eigenvalue weighted by atomic mass is 10.1. The quantitative estimate of drug-likeness (QED) is 0.761. The lowest BCUT2D eigenvalue weighted by molar-refractivity contribution is 0.257. The Morgan fingerprint density at radius 2 is 2.00 bits per heavy atom. The Bertz CT molecular complexity index is 359. The molecular weight excluding hydrogens is 244 g/mol. The zero-order chi connectivity index (χ0) is 13.0. The molecule has 1 N–H and O–H groups in total. The highest BCUT2D eigenvalue weighted by atomic mass is 35.5. The zero-order valence-electron chi connectivity index (χ0n) is 11.3. The van der Waals surface area contributed by atoms with Gasteiger partial charge < -0.3 is 5.32 Å². The minimum atomic E-state index is 0.447. The molecule has 3 heteroatoms. The molecule has 1 aliphatic carbocycles. The number of halogens is 1. The van der Waals surface area contributed by atoms with Crippen molar-refractivity contribution in [2.24, 2.45) is 0 Å². The van der Waals surface area contributed by atoms with Gasteiger partial charge in [0.2, 0.25) is 0 Å². The molecule has 2 nitrogen and oxygen atoms in total. The molecule has 0 saturated heterocycles. The highest BCUT2D eigenvalue weighted by molar-refractivity contribution is 6.30. The maximum atomic E-state index is 5.91. The van der Waals surface area contributed by atoms with E-state index < -0.39 is 0 Å². The average molecular weight is 267 g/mol. The van der Waals surface area contributed by atoms with E-state index in [9.17, 15) is 0 Å². The van der Waals surface area contributed by atoms with E-state index in [4.69, 9.17) is 11.6 Å². The molecule has 2 rings (SSSR count). The molecule has 1 aromatic rings. The Morgan fingerprint density at radius 1 is 1.33 bits per heavy atom. The van der Waals surface area contributed by atoms with Gasteiger partial charge in [-0.2, -0.15) is 0 Å². The van der Waals surface area contributed by atoms with Gasteiger partial charge in [0.1, 0.15) is 0 Å². The van der Waals surface area contributed by atoms with E-state index in [0.29, 0.717) is 6.04 Å². The van der Waals surface area contributed by atoms with E-state index in [2.05, 4.69) is 36.3 Å². The first kappa shape index (κ1) is 13.9. The Labute approximate surface area is 115 Å². The molecule has 0 amide bonds. The molecule has 0 radical (unpaired) electrons. The Balaban J connectivity index is 1.72. The van der Waals surface area contributed by atoms with Crippen LogP contribution in [0.4, 0.5) is 0 Å². The van der Waals surface area contributed by atoms with Crippen LogP contribution in [-0.2, 0) is 0 Å². The summed E-state index contributed by atoms with van der Waals surface area (Å²) in [6.07, 6.45) is 3.96. The second kappa shape index (κ2) is 6.55. The standard InChI is InChI=1S/C15H23ClN2/c1-12(13-4-6-14(16)7-5-13)18(2)11-3-10-17-15-8-9-15/h4-7,12,15,17H,3,8-11H2,1-2H3. The second-order valence-corrected chi connectivity index (χ2v) is 5.73. The van der Waals surface area contributed by atoms with Crippen LogP contribution in [0.5, 0.6) is 0 Å². The minimum Gasteiger partial charge on any atom is -0.314 e. The van der Waals surface area contributed by atoms with Crippen LogP contribution in [0.2, 0.25) is 5.02 Å². The SMILES string of the molecule is CC(c1ccc(Cl)cc1)N(C)CCCNC1CC1. The first-order valence-electron chi connectivity index (χ1n) is 6.86. The number of hydrogen-bond acceptors (Lipinski definition) is 2. The smallest absolute Gasteiger partial charge is 0.0406 e. The highest BCUT2D eigenvalue weighted by Crippen LogP contribution is 2.21. The lowest BCUT2D eigenvalue weighted by Crippen LogP contribution is -2.27. The normalized spacial score (nSPS) is 17.1. The summed E-state index contributed by atoms with van der Waals surface area (Å²) in [7, 11) is 2.19. The molecule has 1 saturated carbocycles. The molecule has 0 heterocycles. The maximum Gasteiger partial charge on any atom is 0.0406 e. The number of nitrogens with one attached hydrogen (secondary N) is 1. The molecule has 1 aromatic carbocycles. The van der Waals surface area contributed by atoms with Gasteiger partial charge in [-0.15, -0.1) is 0 Å². The fourth-order valence-corrected chi connectivity index (χ4v) is 2.24. The van der Waals surface area contributed by atoms with Gasteiger partial charge in [-0.05, 0) is 64.0 Å². The molecule has 100 valence electrons. The molecule has 18 heavy (non-hydrogen) atoms. The van der Waals surface area contributed by atoms with Crippen molar-refractivity contribution in [3.8, 4) is 0 Å². The molecule has 1 aliphatic rings. The van der Waals surface area contributed by atoms with Crippen LogP contribution >= 0.6 is 11.6 Å². The zero-order valence-corrected chi connectivity index (χ0v) is 12.1. The average Bonchev–Trinajstić information content (AvgIpc) is 3.18. The summed E-state index contributed by atoms with van der Waals surface area (Å²) in [4.78, 5) is 2.40. The molecule has 0 bridgehead atoms. The Hall–Kier alpha value is -0.570. The number of nitrogens with zero attached hydrogens (tertiary/aromatic N) is 1. The minimum absolute atomic E-state index is 0.447. The predicted octanol–water partition coefficient (Wildman–Crippen LogP) is 3.47. The fraction of sp³-hybridized carbons (Fsp3) is 0.600. The van der Waals surface area contributed by atoms with Gasteiger partial charge in [0.15, 0.2) is 0 Å². The molecule has 0 spiro atoms. The summed E-state index contributed by atoms with van der Waals surface area (Å²) >= 11 is 5.91. The van der Waals surface area contributed by atoms with E-state index in [1.54, 1.807) is 0 Å². The molecule has 0 aromatic heterocycles. The highest BCUT2D eigenvalue weighted by Gasteiger charge is 2.19. The van der Waals surface area contributed by atoms with Crippen LogP contribution in [0.3, 0.4) is 0 Å². The summed E-state index contributed by atoms with van der Waals surface area (Å²) in [5, 5.41) is 4.36. The first-order chi connectivity index (χ1) is 8.66. The molecule has 1 atom stereocenters. The van der Waals surface area contributed by atoms with E-state index in [1.165, 1.54) is 24.8 Å². The maximum absolute atomic E-state index is 5.91. The largest absolute Gasteiger partial charge is 0.314 e. The molecule has 1 fully saturated rings. The molecular formula is C15H23ClN2. The van der Waals surface area contributed by atoms with Crippen LogP contribution in [0.15, 0.2) is 24.3 Å². The Kier molecular flexibility index (Phi) is 5.04. The second-order valence-electron chi connectivity index (χ2n) is 5.29. The topological polar surface area (TPSA) is 15.3 Å². The van der Waals surface area contributed by atoms with Crippen molar-refractivity contribution in [2.75, 3.05) is 20.1 Å². The number of hydrogen-bond donors (Lipinski definition) is 1. The van der Waals surface area contributed by atoms with Crippen LogP contribution in [-0.4, -0.2) is 31.1 Å². The van der Waals surface area contributed by atoms with E-state index in [-0.39, 0.29) is 0 Å². The van der Waals surface area contributed by atoms with Crippen molar-refractivity contribution < 1.29 is 0 Å². The van der Waals surface area contributed by atoms with E-state index >= 15 is 0 Å². The van der Waals surface area contributed by atoms with E-state index in [1.807, 2.05) is 12.1 Å². The van der Waals surface area contributed by atoms with Gasteiger partial charge in [0.05, 0.1) is 0 Å². The fourth-order valence-electron chi connectivity index (χ4n) is 2.11. The summed E-state index contributed by atoms with van der Waals surface area (Å²) in [6, 6.07) is 9.44. The van der Waals surface area contributed by atoms with Crippen molar-refractivity contribution in [3.63, 3.8) is 0 Å².